The van der Waals surface area contributed by atoms with Crippen LogP contribution in [0.2, 0.25) is 0 Å². The Morgan fingerprint density at radius 3 is 2.62 bits per heavy atom. The number of carbonyl (C=O) groups is 1. The number of phosphoric ester groups is 1. The molecule has 2 aliphatic rings. The molecule has 1 saturated carbocycles. The van der Waals surface area contributed by atoms with Crippen molar-refractivity contribution in [2.24, 2.45) is 16.8 Å². The smallest absolute Gasteiger partial charge is 0.858 e. The van der Waals surface area contributed by atoms with E-state index in [9.17, 15) is 39.6 Å². The Kier molecular flexibility index (Phi) is 16.6. The van der Waals surface area contributed by atoms with E-state index >= 15 is 0 Å². The Morgan fingerprint density at radius 1 is 1.22 bits per heavy atom. The fraction of sp³-hybridized carbons (Fsp3) is 0.500. The molecule has 0 saturated heterocycles. The van der Waals surface area contributed by atoms with Gasteiger partial charge < -0.3 is 39.9 Å². The molecule has 1 aromatic carbocycles. The van der Waals surface area contributed by atoms with Gasteiger partial charge in [0.2, 0.25) is 0 Å². The van der Waals surface area contributed by atoms with Gasteiger partial charge in [0.15, 0.2) is 0 Å². The molecule has 45 heavy (non-hydrogen) atoms. The van der Waals surface area contributed by atoms with Crippen molar-refractivity contribution in [2.45, 2.75) is 81.9 Å². The number of ether oxygens (including phenoxy) is 1. The number of benzene rings is 1. The van der Waals surface area contributed by atoms with E-state index in [-0.39, 0.29) is 60.5 Å². The van der Waals surface area contributed by atoms with E-state index in [0.717, 1.165) is 19.3 Å². The minimum absolute atomic E-state index is 0. The number of carbonyl (C=O) groups excluding carboxylic acids is 1. The van der Waals surface area contributed by atoms with Crippen LogP contribution in [0.15, 0.2) is 83.9 Å². The molecule has 0 radical (unpaired) electrons. The SMILES string of the molecule is CC[C@H]1C=CC(=O)O[C@H]1/C=C/[C@](O)(CCN=C([O-])c1ccccc1)[C@@H](C[C@@H](O)/C=C\C=C/[C@@H]1CCC[C@H](O)C1)OP(=O)(O)O.[Na+]. The summed E-state index contributed by atoms with van der Waals surface area (Å²) in [5.41, 5.74) is -1.81. The topological polar surface area (TPSA) is 189 Å². The molecule has 0 spiro atoms. The molecule has 3 rings (SSSR count). The van der Waals surface area contributed by atoms with Crippen LogP contribution in [0.5, 0.6) is 0 Å². The second-order valence-corrected chi connectivity index (χ2v) is 12.4. The largest absolute Gasteiger partial charge is 1.00 e. The number of aliphatic hydroxyl groups excluding tert-OH is 2. The Bertz CT molecular complexity index is 1260. The zero-order valence-electron chi connectivity index (χ0n) is 25.8. The van der Waals surface area contributed by atoms with E-state index in [2.05, 4.69) is 4.99 Å². The summed E-state index contributed by atoms with van der Waals surface area (Å²) in [5.74, 6) is -1.11. The monoisotopic (exact) mass is 655 g/mol. The molecule has 1 heterocycles. The zero-order chi connectivity index (χ0) is 32.2. The first-order valence-electron chi connectivity index (χ1n) is 14.9. The van der Waals surface area contributed by atoms with Crippen molar-refractivity contribution in [3.63, 3.8) is 0 Å². The fourth-order valence-corrected chi connectivity index (χ4v) is 5.94. The number of cyclic esters (lactones) is 1. The summed E-state index contributed by atoms with van der Waals surface area (Å²) in [6, 6.07) is 8.27. The van der Waals surface area contributed by atoms with Crippen LogP contribution in [0.3, 0.4) is 0 Å². The Labute approximate surface area is 286 Å². The summed E-state index contributed by atoms with van der Waals surface area (Å²) < 4.78 is 22.4. The summed E-state index contributed by atoms with van der Waals surface area (Å²) >= 11 is 0. The van der Waals surface area contributed by atoms with Crippen LogP contribution in [-0.2, 0) is 18.6 Å². The number of rotatable bonds is 15. The quantitative estimate of drug-likeness (QED) is 0.0324. The number of hydrogen-bond acceptors (Lipinski definition) is 9. The van der Waals surface area contributed by atoms with Gasteiger partial charge in [0.05, 0.1) is 12.2 Å². The molecule has 1 fully saturated rings. The molecule has 13 heteroatoms. The summed E-state index contributed by atoms with van der Waals surface area (Å²) in [6.07, 6.45) is 11.5. The molecule has 1 aliphatic heterocycles. The molecule has 0 unspecified atom stereocenters. The van der Waals surface area contributed by atoms with E-state index in [1.165, 1.54) is 24.3 Å². The third kappa shape index (κ3) is 13.8. The molecule has 1 aromatic rings. The maximum Gasteiger partial charge on any atom is 1.00 e. The van der Waals surface area contributed by atoms with Crippen molar-refractivity contribution < 1.29 is 78.4 Å². The van der Waals surface area contributed by atoms with Gasteiger partial charge in [-0.3, -0.25) is 4.52 Å². The Hall–Kier alpha value is -1.89. The molecular weight excluding hydrogens is 612 g/mol. The van der Waals surface area contributed by atoms with E-state index in [1.807, 2.05) is 13.0 Å². The number of esters is 1. The van der Waals surface area contributed by atoms with Gasteiger partial charge in [-0.05, 0) is 49.1 Å². The van der Waals surface area contributed by atoms with Crippen molar-refractivity contribution >= 4 is 19.7 Å². The van der Waals surface area contributed by atoms with Crippen LogP contribution in [0.4, 0.5) is 0 Å². The predicted molar refractivity (Wildman–Crippen MR) is 163 cm³/mol. The third-order valence-electron chi connectivity index (χ3n) is 7.78. The van der Waals surface area contributed by atoms with Gasteiger partial charge in [-0.25, -0.2) is 9.36 Å². The first-order chi connectivity index (χ1) is 20.9. The molecule has 0 bridgehead atoms. The van der Waals surface area contributed by atoms with Gasteiger partial charge in [0, 0.05) is 31.4 Å². The molecule has 5 N–H and O–H groups in total. The average Bonchev–Trinajstić information content (AvgIpc) is 2.98. The van der Waals surface area contributed by atoms with Crippen molar-refractivity contribution in [3.05, 3.63) is 84.5 Å². The minimum Gasteiger partial charge on any atom is -0.858 e. The van der Waals surface area contributed by atoms with E-state index in [1.54, 1.807) is 48.6 Å². The van der Waals surface area contributed by atoms with Crippen molar-refractivity contribution in [1.29, 1.82) is 0 Å². The van der Waals surface area contributed by atoms with Crippen LogP contribution < -0.4 is 34.7 Å². The summed E-state index contributed by atoms with van der Waals surface area (Å²) in [7, 11) is -5.17. The van der Waals surface area contributed by atoms with Gasteiger partial charge in [-0.2, -0.15) is 0 Å². The number of aliphatic imine (C=N–C) groups is 1. The number of aliphatic hydroxyl groups is 3. The zero-order valence-corrected chi connectivity index (χ0v) is 28.7. The standard InChI is InChI=1S/C32H44NO10P.Na/c1-2-24-15-16-30(36)42-28(24)17-18-32(38,19-20-33-31(37)25-11-4-3-5-12-25)29(43-44(39,40)41)22-27(35)13-7-6-9-23-10-8-14-26(34)21-23;/h3-7,9,11-13,15-18,23-24,26-29,34-35,38H,2,8,10,14,19-22H2,1H3,(H,33,37)(H2,39,40,41);/q;+1/p-1/b9-6-,13-7-,18-17+;/t23-,24+,26+,27+,28+,29-,32+;/m1./s1. The molecule has 1 aliphatic carbocycles. The van der Waals surface area contributed by atoms with Crippen LogP contribution >= 0.6 is 7.82 Å². The van der Waals surface area contributed by atoms with Crippen LogP contribution in [0.25, 0.3) is 0 Å². The fourth-order valence-electron chi connectivity index (χ4n) is 5.34. The van der Waals surface area contributed by atoms with Gasteiger partial charge in [0.25, 0.3) is 0 Å². The second-order valence-electron chi connectivity index (χ2n) is 11.2. The maximum absolute atomic E-state index is 12.6. The van der Waals surface area contributed by atoms with Gasteiger partial charge >= 0.3 is 43.3 Å². The maximum atomic E-state index is 12.6. The van der Waals surface area contributed by atoms with Crippen LogP contribution in [-0.4, -0.2) is 73.5 Å². The summed E-state index contributed by atoms with van der Waals surface area (Å²) in [4.78, 5) is 35.3. The van der Waals surface area contributed by atoms with Crippen molar-refractivity contribution in [3.8, 4) is 0 Å². The van der Waals surface area contributed by atoms with E-state index in [0.29, 0.717) is 18.4 Å². The number of nitrogens with zero attached hydrogens (tertiary/aromatic N) is 1. The Morgan fingerprint density at radius 2 is 1.96 bits per heavy atom. The summed E-state index contributed by atoms with van der Waals surface area (Å²) in [6.45, 7) is 1.65. The summed E-state index contributed by atoms with van der Waals surface area (Å²) in [5, 5.41) is 45.0. The first-order valence-corrected chi connectivity index (χ1v) is 16.4. The third-order valence-corrected chi connectivity index (χ3v) is 8.31. The second kappa shape index (κ2) is 19.1. The van der Waals surface area contributed by atoms with Crippen LogP contribution in [0.1, 0.15) is 57.4 Å². The molecule has 242 valence electrons. The molecule has 7 atom stereocenters. The Balaban J connectivity index is 0.00000705. The number of hydrogen-bond donors (Lipinski definition) is 5. The minimum atomic E-state index is -5.17. The van der Waals surface area contributed by atoms with Crippen molar-refractivity contribution in [1.82, 2.24) is 0 Å². The van der Waals surface area contributed by atoms with Crippen LogP contribution in [0, 0.1) is 11.8 Å². The van der Waals surface area contributed by atoms with Gasteiger partial charge in [-0.15, -0.1) is 0 Å². The normalized spacial score (nSPS) is 25.6. The predicted octanol–water partition coefficient (Wildman–Crippen LogP) is -0.125. The van der Waals surface area contributed by atoms with Gasteiger partial charge in [-0.1, -0.05) is 80.1 Å². The molecule has 0 aromatic heterocycles. The first kappa shape index (κ1) is 39.3. The molecule has 0 amide bonds. The number of phosphoric acid groups is 1. The van der Waals surface area contributed by atoms with E-state index in [4.69, 9.17) is 9.26 Å². The average molecular weight is 656 g/mol. The molecule has 11 nitrogen and oxygen atoms in total. The van der Waals surface area contributed by atoms with E-state index < -0.39 is 50.0 Å². The number of allylic oxidation sites excluding steroid dienone is 3. The molecular formula is C32H43NNaO10P. The van der Waals surface area contributed by atoms with Crippen molar-refractivity contribution in [2.75, 3.05) is 6.54 Å². The van der Waals surface area contributed by atoms with Gasteiger partial charge in [0.1, 0.15) is 17.8 Å².